The molecule has 3 aromatic rings. The molecule has 0 aliphatic carbocycles. The van der Waals surface area contributed by atoms with E-state index in [1.54, 1.807) is 44.4 Å². The van der Waals surface area contributed by atoms with Gasteiger partial charge in [-0.1, -0.05) is 0 Å². The molecule has 0 radical (unpaired) electrons. The van der Waals surface area contributed by atoms with Gasteiger partial charge in [0.05, 0.1) is 23.2 Å². The van der Waals surface area contributed by atoms with Crippen molar-refractivity contribution >= 4 is 15.7 Å². The van der Waals surface area contributed by atoms with Gasteiger partial charge in [0.1, 0.15) is 5.69 Å². The number of rotatable bonds is 6. The number of anilines is 1. The Bertz CT molecular complexity index is 1210. The van der Waals surface area contributed by atoms with Gasteiger partial charge in [-0.2, -0.15) is 0 Å². The van der Waals surface area contributed by atoms with Crippen LogP contribution in [0.4, 0.5) is 5.69 Å². The summed E-state index contributed by atoms with van der Waals surface area (Å²) in [6, 6.07) is 6.92. The zero-order chi connectivity index (χ0) is 23.0. The monoisotopic (exact) mass is 442 g/mol. The van der Waals surface area contributed by atoms with Crippen LogP contribution in [0.15, 0.2) is 36.7 Å². The summed E-state index contributed by atoms with van der Waals surface area (Å²) in [5.41, 5.74) is 3.32. The van der Waals surface area contributed by atoms with Crippen LogP contribution < -0.4 is 9.46 Å². The van der Waals surface area contributed by atoms with Gasteiger partial charge >= 0.3 is 0 Å². The summed E-state index contributed by atoms with van der Waals surface area (Å²) in [5.74, 6) is 0.601. The average molecular weight is 443 g/mol. The number of hydrogen-bond donors (Lipinski definition) is 2. The second-order valence-electron chi connectivity index (χ2n) is 8.04. The van der Waals surface area contributed by atoms with Crippen LogP contribution in [0.25, 0.3) is 11.3 Å². The highest BCUT2D eigenvalue weighted by Gasteiger charge is 2.19. The van der Waals surface area contributed by atoms with Crippen molar-refractivity contribution in [3.8, 4) is 22.9 Å². The van der Waals surface area contributed by atoms with E-state index < -0.39 is 15.6 Å². The fraction of sp³-hybridized carbons (Fsp3) is 0.318. The Labute approximate surface area is 182 Å². The zero-order valence-electron chi connectivity index (χ0n) is 18.4. The topological polar surface area (TPSA) is 114 Å². The van der Waals surface area contributed by atoms with E-state index >= 15 is 0 Å². The number of pyridine rings is 3. The van der Waals surface area contributed by atoms with E-state index in [1.807, 2.05) is 26.8 Å². The van der Waals surface area contributed by atoms with Crippen LogP contribution in [0.1, 0.15) is 36.4 Å². The maximum Gasteiger partial charge on any atom is 0.244 e. The molecule has 0 aliphatic heterocycles. The molecule has 0 fully saturated rings. The molecule has 3 rings (SSSR count). The maximum absolute atomic E-state index is 11.8. The number of nitrogens with one attached hydrogen (secondary N) is 1. The fourth-order valence-corrected chi connectivity index (χ4v) is 3.69. The number of aliphatic hydroxyl groups is 1. The molecular formula is C22H26N4O4S. The predicted octanol–water partition coefficient (Wildman–Crippen LogP) is 3.86. The zero-order valence-corrected chi connectivity index (χ0v) is 19.2. The molecule has 9 heteroatoms. The van der Waals surface area contributed by atoms with Gasteiger partial charge in [-0.3, -0.25) is 14.7 Å². The van der Waals surface area contributed by atoms with Gasteiger partial charge in [-0.15, -0.1) is 0 Å². The lowest BCUT2D eigenvalue weighted by Crippen LogP contribution is -2.15. The van der Waals surface area contributed by atoms with Crippen molar-refractivity contribution in [3.05, 3.63) is 59.2 Å². The van der Waals surface area contributed by atoms with Gasteiger partial charge in [0.15, 0.2) is 5.75 Å². The third-order valence-electron chi connectivity index (χ3n) is 4.55. The molecule has 0 aromatic carbocycles. The van der Waals surface area contributed by atoms with Gasteiger partial charge in [-0.25, -0.2) is 13.4 Å². The molecule has 0 aliphatic rings. The normalized spacial score (nSPS) is 12.0. The SMILES string of the molecule is Cc1cc(C)c(Oc2nc(-c3cncc(C(C)(C)O)c3)ccc2NS(C)(=O)=O)c(C)n1. The Morgan fingerprint density at radius 1 is 1.06 bits per heavy atom. The van der Waals surface area contributed by atoms with Crippen molar-refractivity contribution in [2.75, 3.05) is 11.0 Å². The molecule has 0 bridgehead atoms. The Kier molecular flexibility index (Phi) is 6.02. The van der Waals surface area contributed by atoms with E-state index in [4.69, 9.17) is 4.74 Å². The Balaban J connectivity index is 2.12. The van der Waals surface area contributed by atoms with Gasteiger partial charge in [0.2, 0.25) is 15.9 Å². The van der Waals surface area contributed by atoms with E-state index in [9.17, 15) is 13.5 Å². The first-order chi connectivity index (χ1) is 14.3. The fourth-order valence-electron chi connectivity index (χ4n) is 3.13. The molecule has 2 N–H and O–H groups in total. The van der Waals surface area contributed by atoms with E-state index in [1.165, 1.54) is 0 Å². The third kappa shape index (κ3) is 5.56. The molecule has 31 heavy (non-hydrogen) atoms. The first-order valence-electron chi connectivity index (χ1n) is 9.63. The number of hydrogen-bond acceptors (Lipinski definition) is 7. The minimum atomic E-state index is -3.55. The van der Waals surface area contributed by atoms with E-state index in [2.05, 4.69) is 19.7 Å². The van der Waals surface area contributed by atoms with Gasteiger partial charge < -0.3 is 9.84 Å². The van der Waals surface area contributed by atoms with E-state index in [0.29, 0.717) is 28.3 Å². The van der Waals surface area contributed by atoms with Crippen molar-refractivity contribution in [1.29, 1.82) is 0 Å². The highest BCUT2D eigenvalue weighted by molar-refractivity contribution is 7.92. The molecule has 3 heterocycles. The van der Waals surface area contributed by atoms with E-state index in [0.717, 1.165) is 17.5 Å². The van der Waals surface area contributed by atoms with Gasteiger partial charge in [0, 0.05) is 29.2 Å². The first kappa shape index (κ1) is 22.6. The second-order valence-corrected chi connectivity index (χ2v) is 9.79. The summed E-state index contributed by atoms with van der Waals surface area (Å²) in [6.45, 7) is 8.94. The van der Waals surface area contributed by atoms with Gasteiger partial charge in [-0.05, 0) is 64.4 Å². The Morgan fingerprint density at radius 2 is 1.77 bits per heavy atom. The average Bonchev–Trinajstić information content (AvgIpc) is 2.64. The molecule has 0 amide bonds. The summed E-state index contributed by atoms with van der Waals surface area (Å²) in [5, 5.41) is 10.3. The van der Waals surface area contributed by atoms with Gasteiger partial charge in [0.25, 0.3) is 0 Å². The quantitative estimate of drug-likeness (QED) is 0.596. The lowest BCUT2D eigenvalue weighted by atomic mass is 9.98. The van der Waals surface area contributed by atoms with Crippen molar-refractivity contribution in [2.24, 2.45) is 0 Å². The van der Waals surface area contributed by atoms with Crippen LogP contribution in [0.5, 0.6) is 11.6 Å². The Hall–Kier alpha value is -3.04. The van der Waals surface area contributed by atoms with Crippen LogP contribution in [0.2, 0.25) is 0 Å². The molecule has 0 atom stereocenters. The molecule has 0 saturated carbocycles. The standard InChI is InChI=1S/C22H26N4O4S/c1-13-9-14(2)24-15(3)20(13)30-21-19(26-31(6,28)29)8-7-18(25-21)16-10-17(12-23-11-16)22(4,5)27/h7-12,26-27H,1-6H3. The highest BCUT2D eigenvalue weighted by Crippen LogP contribution is 2.34. The molecular weight excluding hydrogens is 416 g/mol. The minimum absolute atomic E-state index is 0.0911. The maximum atomic E-state index is 11.8. The number of aryl methyl sites for hydroxylation is 3. The number of nitrogens with zero attached hydrogens (tertiary/aromatic N) is 3. The summed E-state index contributed by atoms with van der Waals surface area (Å²) >= 11 is 0. The third-order valence-corrected chi connectivity index (χ3v) is 5.14. The minimum Gasteiger partial charge on any atom is -0.435 e. The Morgan fingerprint density at radius 3 is 2.39 bits per heavy atom. The van der Waals surface area contributed by atoms with Crippen LogP contribution in [0, 0.1) is 20.8 Å². The molecule has 8 nitrogen and oxygen atoms in total. The van der Waals surface area contributed by atoms with Crippen molar-refractivity contribution in [3.63, 3.8) is 0 Å². The summed E-state index contributed by atoms with van der Waals surface area (Å²) in [6.07, 6.45) is 4.27. The van der Waals surface area contributed by atoms with Crippen LogP contribution >= 0.6 is 0 Å². The highest BCUT2D eigenvalue weighted by atomic mass is 32.2. The molecule has 3 aromatic heterocycles. The van der Waals surface area contributed by atoms with Crippen molar-refractivity contribution in [2.45, 2.75) is 40.2 Å². The summed E-state index contributed by atoms with van der Waals surface area (Å²) < 4.78 is 32.2. The largest absolute Gasteiger partial charge is 0.435 e. The van der Waals surface area contributed by atoms with E-state index in [-0.39, 0.29) is 11.6 Å². The van der Waals surface area contributed by atoms with Crippen molar-refractivity contribution < 1.29 is 18.3 Å². The first-order valence-corrected chi connectivity index (χ1v) is 11.5. The predicted molar refractivity (Wildman–Crippen MR) is 120 cm³/mol. The summed E-state index contributed by atoms with van der Waals surface area (Å²) in [4.78, 5) is 13.2. The van der Waals surface area contributed by atoms with Crippen LogP contribution in [0.3, 0.4) is 0 Å². The molecule has 0 spiro atoms. The lowest BCUT2D eigenvalue weighted by molar-refractivity contribution is 0.0783. The van der Waals surface area contributed by atoms with Crippen LogP contribution in [-0.2, 0) is 15.6 Å². The number of aromatic nitrogens is 3. The molecule has 0 unspecified atom stereocenters. The lowest BCUT2D eigenvalue weighted by Gasteiger charge is -2.18. The second kappa shape index (κ2) is 8.24. The van der Waals surface area contributed by atoms with Crippen LogP contribution in [-0.4, -0.2) is 34.7 Å². The van der Waals surface area contributed by atoms with Crippen molar-refractivity contribution in [1.82, 2.24) is 15.0 Å². The molecule has 164 valence electrons. The number of sulfonamides is 1. The number of ether oxygens (including phenoxy) is 1. The molecule has 0 saturated heterocycles. The summed E-state index contributed by atoms with van der Waals surface area (Å²) in [7, 11) is -3.55. The smallest absolute Gasteiger partial charge is 0.244 e.